The summed E-state index contributed by atoms with van der Waals surface area (Å²) >= 11 is 0. The number of hydrogen-bond acceptors (Lipinski definition) is 2. The highest BCUT2D eigenvalue weighted by atomic mass is 16.2. The van der Waals surface area contributed by atoms with Gasteiger partial charge >= 0.3 is 6.03 Å². The van der Waals surface area contributed by atoms with Crippen molar-refractivity contribution in [2.45, 2.75) is 27.7 Å². The Balaban J connectivity index is 1.86. The summed E-state index contributed by atoms with van der Waals surface area (Å²) in [6.07, 6.45) is 0. The molecular formula is C17H27N3O. The molecule has 0 aromatic heterocycles. The average molecular weight is 289 g/mol. The molecule has 4 heteroatoms. The van der Waals surface area contributed by atoms with E-state index in [9.17, 15) is 4.79 Å². The van der Waals surface area contributed by atoms with E-state index in [1.54, 1.807) is 0 Å². The SMILES string of the molecule is Cc1ccc(NC(=O)N2CCN(CC(C)C)CC2)cc1C. The van der Waals surface area contributed by atoms with Crippen LogP contribution in [0.25, 0.3) is 0 Å². The zero-order chi connectivity index (χ0) is 15.4. The lowest BCUT2D eigenvalue weighted by Crippen LogP contribution is -2.50. The second kappa shape index (κ2) is 6.94. The Hall–Kier alpha value is -1.55. The molecule has 1 fully saturated rings. The first-order chi connectivity index (χ1) is 9.95. The van der Waals surface area contributed by atoms with Crippen molar-refractivity contribution in [2.24, 2.45) is 5.92 Å². The van der Waals surface area contributed by atoms with Gasteiger partial charge in [-0.2, -0.15) is 0 Å². The van der Waals surface area contributed by atoms with Crippen molar-refractivity contribution < 1.29 is 4.79 Å². The molecule has 1 aromatic carbocycles. The number of benzene rings is 1. The van der Waals surface area contributed by atoms with Crippen LogP contribution >= 0.6 is 0 Å². The van der Waals surface area contributed by atoms with Crippen LogP contribution in [-0.4, -0.2) is 48.6 Å². The molecule has 0 radical (unpaired) electrons. The molecule has 21 heavy (non-hydrogen) atoms. The Morgan fingerprint density at radius 1 is 1.14 bits per heavy atom. The molecule has 1 aromatic rings. The van der Waals surface area contributed by atoms with E-state index in [-0.39, 0.29) is 6.03 Å². The smallest absolute Gasteiger partial charge is 0.321 e. The normalized spacial score (nSPS) is 16.3. The lowest BCUT2D eigenvalue weighted by atomic mass is 10.1. The van der Waals surface area contributed by atoms with Crippen molar-refractivity contribution in [3.8, 4) is 0 Å². The molecule has 4 nitrogen and oxygen atoms in total. The quantitative estimate of drug-likeness (QED) is 0.928. The average Bonchev–Trinajstić information content (AvgIpc) is 2.43. The van der Waals surface area contributed by atoms with Gasteiger partial charge in [0.15, 0.2) is 0 Å². The monoisotopic (exact) mass is 289 g/mol. The number of nitrogens with zero attached hydrogens (tertiary/aromatic N) is 2. The molecule has 0 spiro atoms. The van der Waals surface area contributed by atoms with Crippen molar-refractivity contribution in [3.63, 3.8) is 0 Å². The van der Waals surface area contributed by atoms with Crippen LogP contribution in [0.4, 0.5) is 10.5 Å². The van der Waals surface area contributed by atoms with E-state index in [1.807, 2.05) is 23.1 Å². The summed E-state index contributed by atoms with van der Waals surface area (Å²) < 4.78 is 0. The van der Waals surface area contributed by atoms with Gasteiger partial charge < -0.3 is 10.2 Å². The Kier molecular flexibility index (Phi) is 5.23. The summed E-state index contributed by atoms with van der Waals surface area (Å²) in [5.74, 6) is 0.681. The highest BCUT2D eigenvalue weighted by molar-refractivity contribution is 5.89. The maximum absolute atomic E-state index is 12.3. The summed E-state index contributed by atoms with van der Waals surface area (Å²) in [5, 5.41) is 3.00. The third kappa shape index (κ3) is 4.46. The molecule has 2 rings (SSSR count). The zero-order valence-electron chi connectivity index (χ0n) is 13.6. The van der Waals surface area contributed by atoms with Gasteiger partial charge in [0.1, 0.15) is 0 Å². The molecule has 1 saturated heterocycles. The van der Waals surface area contributed by atoms with Crippen molar-refractivity contribution in [1.82, 2.24) is 9.80 Å². The number of hydrogen-bond donors (Lipinski definition) is 1. The van der Waals surface area contributed by atoms with Gasteiger partial charge in [0.05, 0.1) is 0 Å². The maximum atomic E-state index is 12.3. The van der Waals surface area contributed by atoms with E-state index in [0.717, 1.165) is 38.4 Å². The van der Waals surface area contributed by atoms with E-state index in [4.69, 9.17) is 0 Å². The first kappa shape index (κ1) is 15.8. The zero-order valence-corrected chi connectivity index (χ0v) is 13.6. The Morgan fingerprint density at radius 2 is 1.81 bits per heavy atom. The standard InChI is InChI=1S/C17H27N3O/c1-13(2)12-19-7-9-20(10-8-19)17(21)18-16-6-5-14(3)15(4)11-16/h5-6,11,13H,7-10,12H2,1-4H3,(H,18,21). The summed E-state index contributed by atoms with van der Waals surface area (Å²) in [6.45, 7) is 13.3. The molecule has 116 valence electrons. The van der Waals surface area contributed by atoms with Crippen molar-refractivity contribution >= 4 is 11.7 Å². The molecule has 1 heterocycles. The van der Waals surface area contributed by atoms with Gasteiger partial charge in [-0.15, -0.1) is 0 Å². The molecule has 0 aliphatic carbocycles. The lowest BCUT2D eigenvalue weighted by molar-refractivity contribution is 0.138. The molecule has 1 aliphatic rings. The summed E-state index contributed by atoms with van der Waals surface area (Å²) in [6, 6.07) is 6.06. The fraction of sp³-hybridized carbons (Fsp3) is 0.588. The van der Waals surface area contributed by atoms with E-state index in [2.05, 4.69) is 37.9 Å². The number of amides is 2. The number of piperazine rings is 1. The number of carbonyl (C=O) groups excluding carboxylic acids is 1. The number of carbonyl (C=O) groups is 1. The number of anilines is 1. The van der Waals surface area contributed by atoms with Crippen molar-refractivity contribution in [1.29, 1.82) is 0 Å². The Labute approximate surface area is 128 Å². The van der Waals surface area contributed by atoms with Crippen LogP contribution in [0.2, 0.25) is 0 Å². The minimum absolute atomic E-state index is 0.0162. The first-order valence-electron chi connectivity index (χ1n) is 7.81. The van der Waals surface area contributed by atoms with Gasteiger partial charge in [0.2, 0.25) is 0 Å². The predicted octanol–water partition coefficient (Wildman–Crippen LogP) is 3.11. The largest absolute Gasteiger partial charge is 0.322 e. The van der Waals surface area contributed by atoms with Crippen LogP contribution < -0.4 is 5.32 Å². The predicted molar refractivity (Wildman–Crippen MR) is 87.8 cm³/mol. The third-order valence-corrected chi connectivity index (χ3v) is 4.04. The maximum Gasteiger partial charge on any atom is 0.321 e. The van der Waals surface area contributed by atoms with Crippen LogP contribution in [0.3, 0.4) is 0 Å². The van der Waals surface area contributed by atoms with E-state index < -0.39 is 0 Å². The fourth-order valence-corrected chi connectivity index (χ4v) is 2.67. The fourth-order valence-electron chi connectivity index (χ4n) is 2.67. The van der Waals surface area contributed by atoms with E-state index in [0.29, 0.717) is 5.92 Å². The number of rotatable bonds is 3. The van der Waals surface area contributed by atoms with E-state index >= 15 is 0 Å². The van der Waals surface area contributed by atoms with Gasteiger partial charge in [-0.25, -0.2) is 4.79 Å². The van der Waals surface area contributed by atoms with Crippen LogP contribution in [-0.2, 0) is 0 Å². The van der Waals surface area contributed by atoms with Gasteiger partial charge in [0, 0.05) is 38.4 Å². The van der Waals surface area contributed by atoms with Crippen molar-refractivity contribution in [2.75, 3.05) is 38.0 Å². The molecule has 2 amide bonds. The number of urea groups is 1. The second-order valence-electron chi connectivity index (χ2n) is 6.41. The topological polar surface area (TPSA) is 35.6 Å². The van der Waals surface area contributed by atoms with Gasteiger partial charge in [-0.05, 0) is 43.0 Å². The first-order valence-corrected chi connectivity index (χ1v) is 7.81. The van der Waals surface area contributed by atoms with Gasteiger partial charge in [-0.3, -0.25) is 4.90 Å². The molecule has 0 saturated carbocycles. The molecular weight excluding hydrogens is 262 g/mol. The molecule has 0 unspecified atom stereocenters. The van der Waals surface area contributed by atoms with Crippen molar-refractivity contribution in [3.05, 3.63) is 29.3 Å². The van der Waals surface area contributed by atoms with E-state index in [1.165, 1.54) is 11.1 Å². The third-order valence-electron chi connectivity index (χ3n) is 4.04. The Bertz CT molecular complexity index is 491. The molecule has 0 bridgehead atoms. The van der Waals surface area contributed by atoms with Crippen LogP contribution in [0, 0.1) is 19.8 Å². The molecule has 1 aliphatic heterocycles. The highest BCUT2D eigenvalue weighted by Gasteiger charge is 2.21. The molecule has 1 N–H and O–H groups in total. The van der Waals surface area contributed by atoms with Crippen LogP contribution in [0.5, 0.6) is 0 Å². The molecule has 0 atom stereocenters. The summed E-state index contributed by atoms with van der Waals surface area (Å²) in [7, 11) is 0. The second-order valence-corrected chi connectivity index (χ2v) is 6.41. The van der Waals surface area contributed by atoms with Crippen LogP contribution in [0.1, 0.15) is 25.0 Å². The number of aryl methyl sites for hydroxylation is 2. The minimum Gasteiger partial charge on any atom is -0.322 e. The van der Waals surface area contributed by atoms with Gasteiger partial charge in [-0.1, -0.05) is 19.9 Å². The highest BCUT2D eigenvalue weighted by Crippen LogP contribution is 2.15. The lowest BCUT2D eigenvalue weighted by Gasteiger charge is -2.35. The summed E-state index contributed by atoms with van der Waals surface area (Å²) in [4.78, 5) is 16.6. The minimum atomic E-state index is 0.0162. The number of nitrogens with one attached hydrogen (secondary N) is 1. The van der Waals surface area contributed by atoms with Crippen LogP contribution in [0.15, 0.2) is 18.2 Å². The summed E-state index contributed by atoms with van der Waals surface area (Å²) in [5.41, 5.74) is 3.33. The van der Waals surface area contributed by atoms with Gasteiger partial charge in [0.25, 0.3) is 0 Å². The Morgan fingerprint density at radius 3 is 2.38 bits per heavy atom.